The Hall–Kier alpha value is -1.13. The second-order valence-electron chi connectivity index (χ2n) is 5.52. The first-order valence-electron chi connectivity index (χ1n) is 6.69. The number of halogens is 1. The topological polar surface area (TPSA) is 64.4 Å². The van der Waals surface area contributed by atoms with Crippen LogP contribution in [-0.2, 0) is 10.0 Å². The van der Waals surface area contributed by atoms with E-state index in [1.165, 1.54) is 16.4 Å². The summed E-state index contributed by atoms with van der Waals surface area (Å²) in [5, 5.41) is 9.65. The van der Waals surface area contributed by atoms with Crippen molar-refractivity contribution in [1.82, 2.24) is 9.21 Å². The van der Waals surface area contributed by atoms with Crippen LogP contribution >= 0.6 is 11.6 Å². The third-order valence-corrected chi connectivity index (χ3v) is 5.92. The molecule has 0 aromatic heterocycles. The van der Waals surface area contributed by atoms with E-state index in [2.05, 4.69) is 6.07 Å². The molecule has 0 atom stereocenters. The van der Waals surface area contributed by atoms with Gasteiger partial charge in [-0.2, -0.15) is 9.57 Å². The number of hydrogen-bond donors (Lipinski definition) is 0. The Kier molecular flexibility index (Phi) is 4.59. The maximum atomic E-state index is 12.5. The fourth-order valence-corrected chi connectivity index (χ4v) is 3.86. The molecule has 0 spiro atoms. The molecule has 0 N–H and O–H groups in total. The Morgan fingerprint density at radius 3 is 2.14 bits per heavy atom. The highest BCUT2D eigenvalue weighted by Crippen LogP contribution is 2.22. The van der Waals surface area contributed by atoms with E-state index in [-0.39, 0.29) is 4.90 Å². The van der Waals surface area contributed by atoms with Gasteiger partial charge in [-0.25, -0.2) is 8.42 Å². The van der Waals surface area contributed by atoms with Crippen LogP contribution in [0.15, 0.2) is 29.2 Å². The van der Waals surface area contributed by atoms with Crippen LogP contribution in [0.3, 0.4) is 0 Å². The maximum absolute atomic E-state index is 12.5. The summed E-state index contributed by atoms with van der Waals surface area (Å²) < 4.78 is 26.5. The smallest absolute Gasteiger partial charge is 0.243 e. The molecule has 0 saturated carbocycles. The molecule has 0 aliphatic carbocycles. The highest BCUT2D eigenvalue weighted by atomic mass is 35.5. The summed E-state index contributed by atoms with van der Waals surface area (Å²) in [6.45, 7) is 5.56. The second kappa shape index (κ2) is 5.93. The van der Waals surface area contributed by atoms with Crippen molar-refractivity contribution in [3.8, 4) is 6.07 Å². The third kappa shape index (κ3) is 3.38. The molecule has 1 saturated heterocycles. The molecule has 21 heavy (non-hydrogen) atoms. The normalized spacial score (nSPS) is 18.4. The van der Waals surface area contributed by atoms with E-state index < -0.39 is 15.6 Å². The van der Waals surface area contributed by atoms with Gasteiger partial charge in [-0.1, -0.05) is 11.6 Å². The number of hydrogen-bond acceptors (Lipinski definition) is 4. The summed E-state index contributed by atoms with van der Waals surface area (Å²) in [6.07, 6.45) is 0. The van der Waals surface area contributed by atoms with Crippen molar-refractivity contribution in [2.45, 2.75) is 24.3 Å². The van der Waals surface area contributed by atoms with Crippen LogP contribution in [0.2, 0.25) is 5.02 Å². The van der Waals surface area contributed by atoms with Gasteiger partial charge in [0.1, 0.15) is 5.54 Å². The molecule has 0 unspecified atom stereocenters. The zero-order valence-electron chi connectivity index (χ0n) is 12.1. The van der Waals surface area contributed by atoms with E-state index in [0.717, 1.165) is 0 Å². The highest BCUT2D eigenvalue weighted by molar-refractivity contribution is 7.89. The molecule has 0 amide bonds. The molecule has 1 aromatic rings. The lowest BCUT2D eigenvalue weighted by Gasteiger charge is -2.39. The first-order valence-corrected chi connectivity index (χ1v) is 8.51. The molecule has 0 radical (unpaired) electrons. The van der Waals surface area contributed by atoms with Crippen LogP contribution in [0.25, 0.3) is 0 Å². The second-order valence-corrected chi connectivity index (χ2v) is 7.89. The summed E-state index contributed by atoms with van der Waals surface area (Å²) in [7, 11) is -3.49. The number of nitrogens with zero attached hydrogens (tertiary/aromatic N) is 3. The van der Waals surface area contributed by atoms with E-state index in [4.69, 9.17) is 16.9 Å². The summed E-state index contributed by atoms with van der Waals surface area (Å²) in [5.74, 6) is 0. The van der Waals surface area contributed by atoms with Crippen molar-refractivity contribution < 1.29 is 8.42 Å². The van der Waals surface area contributed by atoms with Gasteiger partial charge in [0.25, 0.3) is 0 Å². The Morgan fingerprint density at radius 1 is 1.14 bits per heavy atom. The summed E-state index contributed by atoms with van der Waals surface area (Å²) >= 11 is 5.79. The van der Waals surface area contributed by atoms with Crippen molar-refractivity contribution in [3.63, 3.8) is 0 Å². The molecule has 7 heteroatoms. The number of nitriles is 1. The zero-order chi connectivity index (χ0) is 15.7. The van der Waals surface area contributed by atoms with Crippen molar-refractivity contribution in [2.75, 3.05) is 26.2 Å². The minimum absolute atomic E-state index is 0.250. The number of rotatable bonds is 3. The van der Waals surface area contributed by atoms with Gasteiger partial charge in [-0.15, -0.1) is 0 Å². The summed E-state index contributed by atoms with van der Waals surface area (Å²) in [6, 6.07) is 8.43. The molecule has 5 nitrogen and oxygen atoms in total. The van der Waals surface area contributed by atoms with E-state index in [0.29, 0.717) is 31.2 Å². The van der Waals surface area contributed by atoms with Gasteiger partial charge in [0, 0.05) is 31.2 Å². The molecule has 1 aromatic carbocycles. The molecular weight excluding hydrogens is 310 g/mol. The van der Waals surface area contributed by atoms with E-state index in [1.54, 1.807) is 12.1 Å². The fourth-order valence-electron chi connectivity index (χ4n) is 2.31. The van der Waals surface area contributed by atoms with Crippen LogP contribution in [0.1, 0.15) is 13.8 Å². The number of piperazine rings is 1. The van der Waals surface area contributed by atoms with Crippen molar-refractivity contribution >= 4 is 21.6 Å². The molecule has 1 fully saturated rings. The van der Waals surface area contributed by atoms with Gasteiger partial charge in [0.15, 0.2) is 0 Å². The molecule has 1 aliphatic rings. The van der Waals surface area contributed by atoms with Crippen LogP contribution in [-0.4, -0.2) is 49.3 Å². The van der Waals surface area contributed by atoms with Crippen molar-refractivity contribution in [2.24, 2.45) is 0 Å². The lowest BCUT2D eigenvalue weighted by Crippen LogP contribution is -2.55. The zero-order valence-corrected chi connectivity index (χ0v) is 13.7. The average molecular weight is 328 g/mol. The fraction of sp³-hybridized carbons (Fsp3) is 0.500. The molecule has 114 valence electrons. The van der Waals surface area contributed by atoms with Crippen molar-refractivity contribution in [3.05, 3.63) is 29.3 Å². The van der Waals surface area contributed by atoms with Crippen LogP contribution in [0.4, 0.5) is 0 Å². The Labute approximate surface area is 130 Å². The first-order chi connectivity index (χ1) is 9.77. The van der Waals surface area contributed by atoms with Gasteiger partial charge in [-0.05, 0) is 38.1 Å². The molecular formula is C14H18ClN3O2S. The summed E-state index contributed by atoms with van der Waals surface area (Å²) in [4.78, 5) is 2.25. The number of sulfonamides is 1. The Bertz CT molecular complexity index is 642. The Morgan fingerprint density at radius 2 is 1.67 bits per heavy atom. The van der Waals surface area contributed by atoms with Crippen LogP contribution in [0.5, 0.6) is 0 Å². The van der Waals surface area contributed by atoms with Crippen LogP contribution < -0.4 is 0 Å². The van der Waals surface area contributed by atoms with E-state index in [9.17, 15) is 8.42 Å². The SMILES string of the molecule is CC(C)(C#N)N1CCN(S(=O)(=O)c2ccc(Cl)cc2)CC1. The van der Waals surface area contributed by atoms with Gasteiger partial charge in [0.2, 0.25) is 10.0 Å². The number of benzene rings is 1. The third-order valence-electron chi connectivity index (χ3n) is 3.75. The molecule has 1 heterocycles. The van der Waals surface area contributed by atoms with E-state index in [1.807, 2.05) is 18.7 Å². The largest absolute Gasteiger partial charge is 0.283 e. The predicted octanol–water partition coefficient (Wildman–Crippen LogP) is 1.95. The Balaban J connectivity index is 2.12. The minimum atomic E-state index is -3.49. The molecule has 2 rings (SSSR count). The highest BCUT2D eigenvalue weighted by Gasteiger charge is 2.34. The van der Waals surface area contributed by atoms with Gasteiger partial charge in [0.05, 0.1) is 11.0 Å². The quantitative estimate of drug-likeness (QED) is 0.851. The monoisotopic (exact) mass is 327 g/mol. The molecule has 0 bridgehead atoms. The minimum Gasteiger partial charge on any atom is -0.283 e. The van der Waals surface area contributed by atoms with E-state index >= 15 is 0 Å². The average Bonchev–Trinajstić information content (AvgIpc) is 2.48. The summed E-state index contributed by atoms with van der Waals surface area (Å²) in [5.41, 5.74) is -0.573. The van der Waals surface area contributed by atoms with Crippen molar-refractivity contribution in [1.29, 1.82) is 5.26 Å². The molecule has 1 aliphatic heterocycles. The van der Waals surface area contributed by atoms with Gasteiger partial charge >= 0.3 is 0 Å². The maximum Gasteiger partial charge on any atom is 0.243 e. The van der Waals surface area contributed by atoms with Gasteiger partial charge < -0.3 is 0 Å². The lowest BCUT2D eigenvalue weighted by atomic mass is 10.0. The first kappa shape index (κ1) is 16.2. The van der Waals surface area contributed by atoms with Crippen LogP contribution in [0, 0.1) is 11.3 Å². The standard InChI is InChI=1S/C14H18ClN3O2S/c1-14(2,11-16)17-7-9-18(10-8-17)21(19,20)13-5-3-12(15)4-6-13/h3-6H,7-10H2,1-2H3. The lowest BCUT2D eigenvalue weighted by molar-refractivity contribution is 0.115. The van der Waals surface area contributed by atoms with Gasteiger partial charge in [-0.3, -0.25) is 4.90 Å². The predicted molar refractivity (Wildman–Crippen MR) is 81.5 cm³/mol.